The summed E-state index contributed by atoms with van der Waals surface area (Å²) in [5.74, 6) is 0.917. The standard InChI is InChI=1S/C22H24FN5/c23-19-5-3-18(4-6-19)20-15-25-21-22(26-10-13-28(20)21)7-11-27(12-8-22)16-17-2-1-9-24-14-17/h1-6,9,14-15,26H,7-8,10-13,16H2. The van der Waals surface area contributed by atoms with Crippen LogP contribution in [0.4, 0.5) is 4.39 Å². The Morgan fingerprint density at radius 3 is 2.61 bits per heavy atom. The summed E-state index contributed by atoms with van der Waals surface area (Å²) in [4.78, 5) is 11.5. The quantitative estimate of drug-likeness (QED) is 0.762. The van der Waals surface area contributed by atoms with Crippen molar-refractivity contribution in [1.82, 2.24) is 24.8 Å². The van der Waals surface area contributed by atoms with E-state index in [1.54, 1.807) is 0 Å². The molecule has 0 atom stereocenters. The number of hydrogen-bond donors (Lipinski definition) is 1. The number of imidazole rings is 1. The fourth-order valence-corrected chi connectivity index (χ4v) is 4.56. The van der Waals surface area contributed by atoms with Gasteiger partial charge in [-0.2, -0.15) is 0 Å². The van der Waals surface area contributed by atoms with Gasteiger partial charge in [-0.1, -0.05) is 6.07 Å². The van der Waals surface area contributed by atoms with Crippen molar-refractivity contribution in [3.63, 3.8) is 0 Å². The maximum atomic E-state index is 13.3. The SMILES string of the molecule is Fc1ccc(-c2cnc3n2CCNC32CCN(Cc3cccnc3)CC2)cc1. The van der Waals surface area contributed by atoms with Gasteiger partial charge in [0.15, 0.2) is 0 Å². The first-order valence-corrected chi connectivity index (χ1v) is 9.92. The van der Waals surface area contributed by atoms with Crippen molar-refractivity contribution in [2.24, 2.45) is 0 Å². The summed E-state index contributed by atoms with van der Waals surface area (Å²) < 4.78 is 15.6. The third kappa shape index (κ3) is 3.12. The maximum absolute atomic E-state index is 13.3. The summed E-state index contributed by atoms with van der Waals surface area (Å²) in [6.45, 7) is 4.82. The zero-order valence-corrected chi connectivity index (χ0v) is 15.8. The molecule has 0 bridgehead atoms. The molecule has 4 heterocycles. The summed E-state index contributed by atoms with van der Waals surface area (Å²) in [7, 11) is 0. The minimum atomic E-state index is -0.207. The third-order valence-corrected chi connectivity index (χ3v) is 6.06. The Balaban J connectivity index is 1.36. The number of likely N-dealkylation sites (tertiary alicyclic amines) is 1. The zero-order valence-electron chi connectivity index (χ0n) is 15.8. The van der Waals surface area contributed by atoms with Gasteiger partial charge in [0.05, 0.1) is 17.4 Å². The fourth-order valence-electron chi connectivity index (χ4n) is 4.56. The molecule has 1 saturated heterocycles. The van der Waals surface area contributed by atoms with E-state index >= 15 is 0 Å². The Morgan fingerprint density at radius 2 is 1.86 bits per heavy atom. The van der Waals surface area contributed by atoms with Crippen molar-refractivity contribution >= 4 is 0 Å². The number of nitrogens with zero attached hydrogens (tertiary/aromatic N) is 4. The lowest BCUT2D eigenvalue weighted by atomic mass is 9.85. The molecule has 1 N–H and O–H groups in total. The highest BCUT2D eigenvalue weighted by Crippen LogP contribution is 2.37. The van der Waals surface area contributed by atoms with Gasteiger partial charge >= 0.3 is 0 Å². The van der Waals surface area contributed by atoms with Gasteiger partial charge in [0.1, 0.15) is 11.6 Å². The summed E-state index contributed by atoms with van der Waals surface area (Å²) >= 11 is 0. The number of fused-ring (bicyclic) bond motifs is 2. The molecule has 1 fully saturated rings. The van der Waals surface area contributed by atoms with E-state index in [1.165, 1.54) is 17.7 Å². The summed E-state index contributed by atoms with van der Waals surface area (Å²) in [5.41, 5.74) is 3.29. The number of halogens is 1. The second-order valence-electron chi connectivity index (χ2n) is 7.77. The van der Waals surface area contributed by atoms with Crippen molar-refractivity contribution in [1.29, 1.82) is 0 Å². The van der Waals surface area contributed by atoms with E-state index in [0.29, 0.717) is 0 Å². The van der Waals surface area contributed by atoms with Gasteiger partial charge in [-0.3, -0.25) is 9.88 Å². The lowest BCUT2D eigenvalue weighted by molar-refractivity contribution is 0.109. The smallest absolute Gasteiger partial charge is 0.129 e. The van der Waals surface area contributed by atoms with Crippen LogP contribution in [-0.4, -0.2) is 39.1 Å². The third-order valence-electron chi connectivity index (χ3n) is 6.06. The van der Waals surface area contributed by atoms with Crippen LogP contribution >= 0.6 is 0 Å². The molecule has 3 aromatic rings. The van der Waals surface area contributed by atoms with Crippen LogP contribution < -0.4 is 5.32 Å². The second-order valence-corrected chi connectivity index (χ2v) is 7.77. The molecule has 2 aromatic heterocycles. The van der Waals surface area contributed by atoms with E-state index in [-0.39, 0.29) is 11.4 Å². The van der Waals surface area contributed by atoms with Crippen molar-refractivity contribution in [3.8, 4) is 11.3 Å². The van der Waals surface area contributed by atoms with Gasteiger partial charge in [0, 0.05) is 45.1 Å². The van der Waals surface area contributed by atoms with Crippen LogP contribution in [0.15, 0.2) is 55.0 Å². The average Bonchev–Trinajstić information content (AvgIpc) is 3.17. The lowest BCUT2D eigenvalue weighted by Gasteiger charge is -2.44. The Hall–Kier alpha value is -2.57. The Morgan fingerprint density at radius 1 is 1.04 bits per heavy atom. The Labute approximate surface area is 164 Å². The van der Waals surface area contributed by atoms with Crippen molar-refractivity contribution in [2.45, 2.75) is 31.5 Å². The topological polar surface area (TPSA) is 46.0 Å². The molecule has 2 aliphatic rings. The highest BCUT2D eigenvalue weighted by atomic mass is 19.1. The maximum Gasteiger partial charge on any atom is 0.129 e. The first-order chi connectivity index (χ1) is 13.7. The van der Waals surface area contributed by atoms with Crippen LogP contribution in [0.5, 0.6) is 0 Å². The highest BCUT2D eigenvalue weighted by molar-refractivity contribution is 5.59. The predicted molar refractivity (Wildman–Crippen MR) is 106 cm³/mol. The molecular formula is C22H24FN5. The van der Waals surface area contributed by atoms with Gasteiger partial charge in [-0.25, -0.2) is 9.37 Å². The predicted octanol–water partition coefficient (Wildman–Crippen LogP) is 3.18. The molecule has 0 aliphatic carbocycles. The Bertz CT molecular complexity index is 943. The molecular weight excluding hydrogens is 353 g/mol. The highest BCUT2D eigenvalue weighted by Gasteiger charge is 2.41. The molecule has 1 aromatic carbocycles. The number of hydrogen-bond acceptors (Lipinski definition) is 4. The minimum absolute atomic E-state index is 0.0675. The lowest BCUT2D eigenvalue weighted by Crippen LogP contribution is -2.55. The van der Waals surface area contributed by atoms with Crippen molar-refractivity contribution in [3.05, 3.63) is 72.2 Å². The minimum Gasteiger partial charge on any atom is -0.325 e. The van der Waals surface area contributed by atoms with Gasteiger partial charge in [0.25, 0.3) is 0 Å². The van der Waals surface area contributed by atoms with Crippen LogP contribution in [0.2, 0.25) is 0 Å². The molecule has 144 valence electrons. The molecule has 5 rings (SSSR count). The monoisotopic (exact) mass is 377 g/mol. The number of nitrogens with one attached hydrogen (secondary N) is 1. The van der Waals surface area contributed by atoms with Crippen LogP contribution in [0.1, 0.15) is 24.2 Å². The van der Waals surface area contributed by atoms with E-state index in [9.17, 15) is 4.39 Å². The molecule has 0 radical (unpaired) electrons. The van der Waals surface area contributed by atoms with E-state index in [4.69, 9.17) is 4.98 Å². The number of aromatic nitrogens is 3. The van der Waals surface area contributed by atoms with Gasteiger partial charge in [0.2, 0.25) is 0 Å². The number of benzene rings is 1. The normalized spacial score (nSPS) is 18.9. The van der Waals surface area contributed by atoms with Crippen LogP contribution in [0, 0.1) is 5.82 Å². The van der Waals surface area contributed by atoms with Gasteiger partial charge < -0.3 is 9.88 Å². The summed E-state index contributed by atoms with van der Waals surface area (Å²) in [6.07, 6.45) is 7.78. The fraction of sp³-hybridized carbons (Fsp3) is 0.364. The molecule has 6 heteroatoms. The van der Waals surface area contributed by atoms with Gasteiger partial charge in [-0.15, -0.1) is 0 Å². The molecule has 5 nitrogen and oxygen atoms in total. The van der Waals surface area contributed by atoms with Crippen LogP contribution in [-0.2, 0) is 18.6 Å². The molecule has 1 spiro atoms. The average molecular weight is 377 g/mol. The molecule has 28 heavy (non-hydrogen) atoms. The number of pyridine rings is 1. The van der Waals surface area contributed by atoms with Gasteiger partial charge in [-0.05, 0) is 54.3 Å². The Kier molecular flexibility index (Phi) is 4.45. The molecule has 0 saturated carbocycles. The van der Waals surface area contributed by atoms with E-state index in [2.05, 4.69) is 25.8 Å². The van der Waals surface area contributed by atoms with E-state index in [0.717, 1.165) is 62.6 Å². The largest absolute Gasteiger partial charge is 0.325 e. The van der Waals surface area contributed by atoms with Crippen molar-refractivity contribution < 1.29 is 4.39 Å². The number of rotatable bonds is 3. The van der Waals surface area contributed by atoms with E-state index in [1.807, 2.05) is 36.8 Å². The first kappa shape index (κ1) is 17.5. The molecule has 2 aliphatic heterocycles. The zero-order chi connectivity index (χ0) is 19.0. The van der Waals surface area contributed by atoms with Crippen molar-refractivity contribution in [2.75, 3.05) is 19.6 Å². The molecule has 0 unspecified atom stereocenters. The van der Waals surface area contributed by atoms with Crippen LogP contribution in [0.3, 0.4) is 0 Å². The summed E-state index contributed by atoms with van der Waals surface area (Å²) in [6, 6.07) is 10.8. The second kappa shape index (κ2) is 7.11. The van der Waals surface area contributed by atoms with E-state index < -0.39 is 0 Å². The number of piperidine rings is 1. The molecule has 0 amide bonds. The first-order valence-electron chi connectivity index (χ1n) is 9.92. The summed E-state index contributed by atoms with van der Waals surface area (Å²) in [5, 5.41) is 3.77. The van der Waals surface area contributed by atoms with Crippen LogP contribution in [0.25, 0.3) is 11.3 Å².